The first kappa shape index (κ1) is 22.4. The molecular weight excluding hydrogens is 507 g/mol. The molecule has 35 heavy (non-hydrogen) atoms. The van der Waals surface area contributed by atoms with E-state index >= 15 is 0 Å². The molecule has 6 rings (SSSR count). The minimum Gasteiger partial charge on any atom is -0.477 e. The average molecular weight is 527 g/mol. The lowest BCUT2D eigenvalue weighted by molar-refractivity contribution is 0.0702. The topological polar surface area (TPSA) is 98.3 Å². The fourth-order valence-corrected chi connectivity index (χ4v) is 6.33. The number of amides is 1. The van der Waals surface area contributed by atoms with Crippen LogP contribution < -0.4 is 10.2 Å². The smallest absolute Gasteiger partial charge is 0.348 e. The molecule has 10 heteroatoms. The predicted molar refractivity (Wildman–Crippen MR) is 138 cm³/mol. The van der Waals surface area contributed by atoms with Crippen molar-refractivity contribution < 1.29 is 14.7 Å². The Kier molecular flexibility index (Phi) is 5.28. The van der Waals surface area contributed by atoms with Gasteiger partial charge in [0.05, 0.1) is 15.7 Å². The van der Waals surface area contributed by atoms with Crippen LogP contribution in [0.4, 0.5) is 5.13 Å². The van der Waals surface area contributed by atoms with Crippen molar-refractivity contribution in [1.29, 1.82) is 0 Å². The summed E-state index contributed by atoms with van der Waals surface area (Å²) in [6, 6.07) is 13.9. The zero-order chi connectivity index (χ0) is 24.4. The molecule has 3 N–H and O–H groups in total. The Balaban J connectivity index is 1.19. The van der Waals surface area contributed by atoms with Crippen molar-refractivity contribution >= 4 is 62.3 Å². The summed E-state index contributed by atoms with van der Waals surface area (Å²) < 4.78 is 0. The molecule has 178 valence electrons. The lowest BCUT2D eigenvalue weighted by Gasteiger charge is -2.19. The van der Waals surface area contributed by atoms with E-state index in [2.05, 4.69) is 15.2 Å². The van der Waals surface area contributed by atoms with Crippen LogP contribution in [0.15, 0.2) is 42.5 Å². The van der Waals surface area contributed by atoms with E-state index in [-0.39, 0.29) is 39.4 Å². The first-order valence-electron chi connectivity index (χ1n) is 11.1. The van der Waals surface area contributed by atoms with Crippen molar-refractivity contribution in [2.45, 2.75) is 13.0 Å². The van der Waals surface area contributed by atoms with Gasteiger partial charge in [0.25, 0.3) is 5.91 Å². The van der Waals surface area contributed by atoms with Gasteiger partial charge in [-0.2, -0.15) is 0 Å². The SMILES string of the molecule is Cc1[nH]c(C(=O)N[C@H]2[C@@H]3CN(c4nc(-c5ccc6ccccc6c5)c(C(=O)O)s4)C[C@@H]32)c(Cl)c1Cl. The molecule has 0 spiro atoms. The number of thiazole rings is 1. The lowest BCUT2D eigenvalue weighted by atomic mass is 10.0. The van der Waals surface area contributed by atoms with E-state index in [1.54, 1.807) is 6.92 Å². The van der Waals surface area contributed by atoms with Gasteiger partial charge in [0.1, 0.15) is 10.6 Å². The first-order valence-corrected chi connectivity index (χ1v) is 12.7. The van der Waals surface area contributed by atoms with Crippen LogP contribution in [-0.2, 0) is 0 Å². The number of aromatic nitrogens is 2. The molecule has 2 aromatic carbocycles. The number of carboxylic acid groups (broad SMARTS) is 1. The summed E-state index contributed by atoms with van der Waals surface area (Å²) in [6.45, 7) is 3.18. The second kappa shape index (κ2) is 8.26. The molecule has 1 saturated carbocycles. The lowest BCUT2D eigenvalue weighted by Crippen LogP contribution is -2.34. The molecule has 3 heterocycles. The number of aryl methyl sites for hydroxylation is 1. The number of hydrogen-bond acceptors (Lipinski definition) is 5. The van der Waals surface area contributed by atoms with E-state index in [0.717, 1.165) is 16.3 Å². The highest BCUT2D eigenvalue weighted by Crippen LogP contribution is 2.48. The van der Waals surface area contributed by atoms with Gasteiger partial charge in [-0.3, -0.25) is 4.79 Å². The zero-order valence-corrected chi connectivity index (χ0v) is 20.8. The highest BCUT2D eigenvalue weighted by molar-refractivity contribution is 7.17. The molecule has 1 aliphatic carbocycles. The van der Waals surface area contributed by atoms with Crippen LogP contribution in [0.5, 0.6) is 0 Å². The molecule has 1 aliphatic heterocycles. The van der Waals surface area contributed by atoms with Crippen LogP contribution in [-0.4, -0.2) is 46.1 Å². The van der Waals surface area contributed by atoms with Crippen LogP contribution in [0.1, 0.15) is 25.9 Å². The van der Waals surface area contributed by atoms with Gasteiger partial charge in [0.15, 0.2) is 5.13 Å². The largest absolute Gasteiger partial charge is 0.477 e. The maximum Gasteiger partial charge on any atom is 0.348 e. The number of nitrogens with zero attached hydrogens (tertiary/aromatic N) is 2. The number of H-pyrrole nitrogens is 1. The summed E-state index contributed by atoms with van der Waals surface area (Å²) in [7, 11) is 0. The molecule has 3 atom stereocenters. The van der Waals surface area contributed by atoms with E-state index in [1.165, 1.54) is 11.3 Å². The van der Waals surface area contributed by atoms with Gasteiger partial charge in [-0.15, -0.1) is 0 Å². The molecule has 0 unspecified atom stereocenters. The van der Waals surface area contributed by atoms with Crippen molar-refractivity contribution in [2.75, 3.05) is 18.0 Å². The average Bonchev–Trinajstić information content (AvgIpc) is 3.24. The standard InChI is InChI=1S/C25H20Cl2N4O3S/c1-11-17(26)18(27)21(28-11)23(32)29-20-15-9-31(10-16(15)20)25-30-19(22(35-25)24(33)34)14-7-6-12-4-2-3-5-13(12)8-14/h2-8,15-16,20,28H,9-10H2,1H3,(H,29,32)(H,33,34)/t15-,16+,20+. The quantitative estimate of drug-likeness (QED) is 0.320. The third kappa shape index (κ3) is 3.76. The number of anilines is 1. The Morgan fingerprint density at radius 2 is 1.83 bits per heavy atom. The monoisotopic (exact) mass is 526 g/mol. The first-order chi connectivity index (χ1) is 16.8. The number of nitrogens with one attached hydrogen (secondary N) is 2. The number of fused-ring (bicyclic) bond motifs is 2. The molecule has 2 aliphatic rings. The van der Waals surface area contributed by atoms with Crippen LogP contribution in [0.3, 0.4) is 0 Å². The van der Waals surface area contributed by atoms with Gasteiger partial charge in [-0.1, -0.05) is 70.9 Å². The van der Waals surface area contributed by atoms with Gasteiger partial charge >= 0.3 is 5.97 Å². The molecule has 7 nitrogen and oxygen atoms in total. The third-order valence-corrected chi connectivity index (χ3v) is 8.93. The van der Waals surface area contributed by atoms with Crippen molar-refractivity contribution in [3.05, 3.63) is 68.8 Å². The molecule has 4 aromatic rings. The van der Waals surface area contributed by atoms with E-state index < -0.39 is 5.97 Å². The number of carbonyl (C=O) groups is 2. The predicted octanol–water partition coefficient (Wildman–Crippen LogP) is 5.47. The third-order valence-electron chi connectivity index (χ3n) is 6.88. The summed E-state index contributed by atoms with van der Waals surface area (Å²) >= 11 is 13.5. The van der Waals surface area contributed by atoms with Gasteiger partial charge < -0.3 is 20.3 Å². The Labute approximate surface area is 214 Å². The Morgan fingerprint density at radius 1 is 1.11 bits per heavy atom. The van der Waals surface area contributed by atoms with Gasteiger partial charge in [0.2, 0.25) is 0 Å². The number of carboxylic acids is 1. The fourth-order valence-electron chi connectivity index (χ4n) is 4.97. The van der Waals surface area contributed by atoms with Crippen LogP contribution in [0.25, 0.3) is 22.0 Å². The van der Waals surface area contributed by atoms with Crippen LogP contribution >= 0.6 is 34.5 Å². The highest BCUT2D eigenvalue weighted by Gasteiger charge is 2.57. The highest BCUT2D eigenvalue weighted by atomic mass is 35.5. The summed E-state index contributed by atoms with van der Waals surface area (Å²) in [5.41, 5.74) is 2.21. The number of piperidine rings is 1. The van der Waals surface area contributed by atoms with Gasteiger partial charge in [-0.05, 0) is 23.8 Å². The van der Waals surface area contributed by atoms with Crippen molar-refractivity contribution in [3.8, 4) is 11.3 Å². The van der Waals surface area contributed by atoms with Crippen molar-refractivity contribution in [2.24, 2.45) is 11.8 Å². The molecular formula is C25H20Cl2N4O3S. The minimum absolute atomic E-state index is 0.0519. The molecule has 0 radical (unpaired) electrons. The number of aromatic amines is 1. The zero-order valence-electron chi connectivity index (χ0n) is 18.5. The summed E-state index contributed by atoms with van der Waals surface area (Å²) in [5, 5.41) is 16.3. The maximum atomic E-state index is 12.7. The molecule has 1 saturated heterocycles. The number of aromatic carboxylic acids is 1. The number of halogens is 2. The normalized spacial score (nSPS) is 20.8. The van der Waals surface area contributed by atoms with E-state index in [9.17, 15) is 14.7 Å². The Bertz CT molecular complexity index is 1500. The summed E-state index contributed by atoms with van der Waals surface area (Å²) in [4.78, 5) is 34.7. The van der Waals surface area contributed by atoms with Gasteiger partial charge in [0, 0.05) is 42.2 Å². The van der Waals surface area contributed by atoms with E-state index in [4.69, 9.17) is 28.2 Å². The summed E-state index contributed by atoms with van der Waals surface area (Å²) in [6.07, 6.45) is 0. The second-order valence-corrected chi connectivity index (χ2v) is 10.8. The van der Waals surface area contributed by atoms with E-state index in [1.807, 2.05) is 42.5 Å². The van der Waals surface area contributed by atoms with Crippen molar-refractivity contribution in [1.82, 2.24) is 15.3 Å². The maximum absolute atomic E-state index is 12.7. The van der Waals surface area contributed by atoms with Crippen molar-refractivity contribution in [3.63, 3.8) is 0 Å². The summed E-state index contributed by atoms with van der Waals surface area (Å²) in [5.74, 6) is -0.684. The molecule has 0 bridgehead atoms. The molecule has 1 amide bonds. The molecule has 2 aromatic heterocycles. The van der Waals surface area contributed by atoms with Crippen LogP contribution in [0, 0.1) is 18.8 Å². The minimum atomic E-state index is -0.983. The van der Waals surface area contributed by atoms with E-state index in [0.29, 0.717) is 34.6 Å². The Hall–Kier alpha value is -3.07. The Morgan fingerprint density at radius 3 is 2.49 bits per heavy atom. The van der Waals surface area contributed by atoms with Gasteiger partial charge in [-0.25, -0.2) is 9.78 Å². The van der Waals surface area contributed by atoms with Crippen LogP contribution in [0.2, 0.25) is 10.0 Å². The number of benzene rings is 2. The molecule has 2 fully saturated rings. The number of hydrogen-bond donors (Lipinski definition) is 3. The second-order valence-electron chi connectivity index (χ2n) is 9.03. The number of rotatable bonds is 5. The number of carbonyl (C=O) groups excluding carboxylic acids is 1. The fraction of sp³-hybridized carbons (Fsp3) is 0.240.